The van der Waals surface area contributed by atoms with Crippen molar-refractivity contribution in [3.05, 3.63) is 34.9 Å². The Kier molecular flexibility index (Phi) is 3.50. The van der Waals surface area contributed by atoms with Crippen LogP contribution in [0.4, 0.5) is 0 Å². The van der Waals surface area contributed by atoms with E-state index in [-0.39, 0.29) is 17.2 Å². The van der Waals surface area contributed by atoms with Crippen LogP contribution in [0.15, 0.2) is 24.3 Å². The van der Waals surface area contributed by atoms with Crippen LogP contribution in [0.25, 0.3) is 0 Å². The summed E-state index contributed by atoms with van der Waals surface area (Å²) in [7, 11) is 0. The number of rotatable bonds is 2. The average Bonchev–Trinajstić information content (AvgIpc) is 2.87. The van der Waals surface area contributed by atoms with Gasteiger partial charge >= 0.3 is 0 Å². The SMILES string of the molecule is O=C1NCCC1C1(c2ccc(Cl)cc2)CCNCC1. The highest BCUT2D eigenvalue weighted by molar-refractivity contribution is 6.30. The van der Waals surface area contributed by atoms with Crippen molar-refractivity contribution in [1.29, 1.82) is 0 Å². The van der Waals surface area contributed by atoms with Crippen molar-refractivity contribution in [3.63, 3.8) is 0 Å². The normalized spacial score (nSPS) is 26.2. The molecule has 2 aliphatic heterocycles. The van der Waals surface area contributed by atoms with Gasteiger partial charge in [0.2, 0.25) is 5.91 Å². The number of benzene rings is 1. The molecule has 2 saturated heterocycles. The second kappa shape index (κ2) is 5.14. The minimum Gasteiger partial charge on any atom is -0.356 e. The van der Waals surface area contributed by atoms with Gasteiger partial charge in [-0.25, -0.2) is 0 Å². The molecule has 0 bridgehead atoms. The van der Waals surface area contributed by atoms with E-state index in [2.05, 4.69) is 22.8 Å². The molecule has 1 aromatic carbocycles. The lowest BCUT2D eigenvalue weighted by Gasteiger charge is -2.42. The highest BCUT2D eigenvalue weighted by atomic mass is 35.5. The lowest BCUT2D eigenvalue weighted by Crippen LogP contribution is -2.47. The fourth-order valence-corrected chi connectivity index (χ4v) is 3.74. The molecule has 0 saturated carbocycles. The lowest BCUT2D eigenvalue weighted by molar-refractivity contribution is -0.124. The molecule has 1 unspecified atom stereocenters. The zero-order valence-electron chi connectivity index (χ0n) is 10.9. The summed E-state index contributed by atoms with van der Waals surface area (Å²) >= 11 is 5.99. The molecule has 2 heterocycles. The van der Waals surface area contributed by atoms with Crippen molar-refractivity contribution in [3.8, 4) is 0 Å². The number of carbonyl (C=O) groups excluding carboxylic acids is 1. The number of carbonyl (C=O) groups is 1. The van der Waals surface area contributed by atoms with Crippen molar-refractivity contribution >= 4 is 17.5 Å². The summed E-state index contributed by atoms with van der Waals surface area (Å²) in [5.74, 6) is 0.327. The number of nitrogens with one attached hydrogen (secondary N) is 2. The third kappa shape index (κ3) is 2.26. The molecule has 0 aromatic heterocycles. The maximum Gasteiger partial charge on any atom is 0.224 e. The van der Waals surface area contributed by atoms with Gasteiger partial charge in [0.05, 0.1) is 0 Å². The van der Waals surface area contributed by atoms with Gasteiger partial charge in [0.1, 0.15) is 0 Å². The van der Waals surface area contributed by atoms with E-state index in [0.717, 1.165) is 43.9 Å². The van der Waals surface area contributed by atoms with Crippen molar-refractivity contribution in [1.82, 2.24) is 10.6 Å². The first kappa shape index (κ1) is 12.9. The number of hydrogen-bond donors (Lipinski definition) is 2. The molecule has 0 aliphatic carbocycles. The highest BCUT2D eigenvalue weighted by Crippen LogP contribution is 2.43. The maximum atomic E-state index is 12.2. The molecule has 1 amide bonds. The van der Waals surface area contributed by atoms with Gasteiger partial charge in [-0.05, 0) is 50.0 Å². The van der Waals surface area contributed by atoms with Gasteiger partial charge in [-0.15, -0.1) is 0 Å². The summed E-state index contributed by atoms with van der Waals surface area (Å²) < 4.78 is 0. The minimum atomic E-state index is -0.0174. The quantitative estimate of drug-likeness (QED) is 0.870. The summed E-state index contributed by atoms with van der Waals surface area (Å²) in [5.41, 5.74) is 1.25. The first-order valence-electron chi connectivity index (χ1n) is 6.97. The van der Waals surface area contributed by atoms with E-state index in [4.69, 9.17) is 11.6 Å². The standard InChI is InChI=1S/C15H19ClN2O/c16-12-3-1-11(2-4-12)15(6-9-17-10-7-15)13-5-8-18-14(13)19/h1-4,13,17H,5-10H2,(H,18,19). The zero-order valence-corrected chi connectivity index (χ0v) is 11.7. The van der Waals surface area contributed by atoms with Gasteiger partial charge in [0.15, 0.2) is 0 Å². The molecule has 19 heavy (non-hydrogen) atoms. The van der Waals surface area contributed by atoms with Crippen LogP contribution in [0.2, 0.25) is 5.02 Å². The minimum absolute atomic E-state index is 0.0174. The molecule has 2 N–H and O–H groups in total. The second-order valence-corrected chi connectivity index (χ2v) is 5.98. The van der Waals surface area contributed by atoms with E-state index in [1.54, 1.807) is 0 Å². The van der Waals surface area contributed by atoms with E-state index >= 15 is 0 Å². The van der Waals surface area contributed by atoms with Crippen molar-refractivity contribution in [2.24, 2.45) is 5.92 Å². The Morgan fingerprint density at radius 1 is 1.11 bits per heavy atom. The lowest BCUT2D eigenvalue weighted by atomic mass is 9.64. The molecule has 3 rings (SSSR count). The summed E-state index contributed by atoms with van der Waals surface area (Å²) in [5, 5.41) is 7.14. The third-order valence-electron chi connectivity index (χ3n) is 4.63. The van der Waals surface area contributed by atoms with Gasteiger partial charge in [-0.3, -0.25) is 4.79 Å². The molecule has 0 radical (unpaired) electrons. The largest absolute Gasteiger partial charge is 0.356 e. The number of hydrogen-bond acceptors (Lipinski definition) is 2. The van der Waals surface area contributed by atoms with E-state index < -0.39 is 0 Å². The third-order valence-corrected chi connectivity index (χ3v) is 4.88. The first-order valence-corrected chi connectivity index (χ1v) is 7.35. The first-order chi connectivity index (χ1) is 9.22. The molecule has 2 aliphatic rings. The van der Waals surface area contributed by atoms with Gasteiger partial charge in [0.25, 0.3) is 0 Å². The monoisotopic (exact) mass is 278 g/mol. The number of halogens is 1. The molecular weight excluding hydrogens is 260 g/mol. The van der Waals surface area contributed by atoms with Gasteiger partial charge in [-0.2, -0.15) is 0 Å². The number of piperidine rings is 1. The number of amides is 1. The predicted octanol–water partition coefficient (Wildman–Crippen LogP) is 2.10. The Labute approximate surface area is 118 Å². The Balaban J connectivity index is 2.00. The van der Waals surface area contributed by atoms with Crippen LogP contribution in [0.5, 0.6) is 0 Å². The molecule has 4 heteroatoms. The average molecular weight is 279 g/mol. The van der Waals surface area contributed by atoms with Crippen LogP contribution in [0, 0.1) is 5.92 Å². The summed E-state index contributed by atoms with van der Waals surface area (Å²) in [6.45, 7) is 2.77. The fourth-order valence-electron chi connectivity index (χ4n) is 3.61. The van der Waals surface area contributed by atoms with Gasteiger partial charge in [0, 0.05) is 22.9 Å². The molecule has 1 atom stereocenters. The van der Waals surface area contributed by atoms with E-state index in [9.17, 15) is 4.79 Å². The topological polar surface area (TPSA) is 41.1 Å². The molecular formula is C15H19ClN2O. The summed E-state index contributed by atoms with van der Waals surface area (Å²) in [4.78, 5) is 12.2. The smallest absolute Gasteiger partial charge is 0.224 e. The molecule has 0 spiro atoms. The zero-order chi connectivity index (χ0) is 13.3. The summed E-state index contributed by atoms with van der Waals surface area (Å²) in [6, 6.07) is 8.07. The Morgan fingerprint density at radius 2 is 1.79 bits per heavy atom. The van der Waals surface area contributed by atoms with Crippen LogP contribution in [-0.4, -0.2) is 25.5 Å². The van der Waals surface area contributed by atoms with E-state index in [1.165, 1.54) is 5.56 Å². The highest BCUT2D eigenvalue weighted by Gasteiger charge is 2.46. The van der Waals surface area contributed by atoms with Crippen molar-refractivity contribution in [2.75, 3.05) is 19.6 Å². The summed E-state index contributed by atoms with van der Waals surface area (Å²) in [6.07, 6.45) is 2.99. The molecule has 102 valence electrons. The van der Waals surface area contributed by atoms with E-state index in [0.29, 0.717) is 0 Å². The van der Waals surface area contributed by atoms with Crippen LogP contribution >= 0.6 is 11.6 Å². The van der Waals surface area contributed by atoms with Crippen LogP contribution in [0.3, 0.4) is 0 Å². The van der Waals surface area contributed by atoms with Gasteiger partial charge in [-0.1, -0.05) is 23.7 Å². The van der Waals surface area contributed by atoms with Crippen LogP contribution in [-0.2, 0) is 10.2 Å². The maximum absolute atomic E-state index is 12.2. The molecule has 3 nitrogen and oxygen atoms in total. The van der Waals surface area contributed by atoms with Crippen LogP contribution < -0.4 is 10.6 Å². The Bertz CT molecular complexity index is 466. The van der Waals surface area contributed by atoms with Gasteiger partial charge < -0.3 is 10.6 Å². The van der Waals surface area contributed by atoms with E-state index in [1.807, 2.05) is 12.1 Å². The Hall–Kier alpha value is -1.06. The second-order valence-electron chi connectivity index (χ2n) is 5.55. The van der Waals surface area contributed by atoms with Crippen molar-refractivity contribution < 1.29 is 4.79 Å². The molecule has 2 fully saturated rings. The Morgan fingerprint density at radius 3 is 2.37 bits per heavy atom. The predicted molar refractivity (Wildman–Crippen MR) is 76.4 cm³/mol. The molecule has 1 aromatic rings. The fraction of sp³-hybridized carbons (Fsp3) is 0.533. The van der Waals surface area contributed by atoms with Crippen molar-refractivity contribution in [2.45, 2.75) is 24.7 Å². The van der Waals surface area contributed by atoms with Crippen LogP contribution in [0.1, 0.15) is 24.8 Å².